The molecule has 0 aromatic rings. The number of nitrogens with one attached hydrogen (secondary N) is 1. The van der Waals surface area contributed by atoms with E-state index in [9.17, 15) is 13.7 Å². The van der Waals surface area contributed by atoms with Crippen LogP contribution in [0.5, 0.6) is 0 Å². The summed E-state index contributed by atoms with van der Waals surface area (Å²) in [6.45, 7) is 6.89. The Morgan fingerprint density at radius 3 is 2.55 bits per heavy atom. The lowest BCUT2D eigenvalue weighted by molar-refractivity contribution is 0.449. The molecule has 0 spiro atoms. The number of sulfonamides is 1. The summed E-state index contributed by atoms with van der Waals surface area (Å²) in [4.78, 5) is 2.23. The Balaban J connectivity index is 1.59. The van der Waals surface area contributed by atoms with Crippen LogP contribution in [0.15, 0.2) is 106 Å². The molecule has 0 aromatic carbocycles. The first-order valence-corrected chi connectivity index (χ1v) is 12.7. The minimum atomic E-state index is -3.70. The Kier molecular flexibility index (Phi) is 6.18. The van der Waals surface area contributed by atoms with E-state index in [-0.39, 0.29) is 5.41 Å². The van der Waals surface area contributed by atoms with Gasteiger partial charge in [0.05, 0.1) is 16.2 Å². The molecule has 0 saturated heterocycles. The van der Waals surface area contributed by atoms with Crippen LogP contribution in [0.25, 0.3) is 0 Å². The second-order valence-electron chi connectivity index (χ2n) is 9.41. The van der Waals surface area contributed by atoms with Crippen molar-refractivity contribution in [3.63, 3.8) is 0 Å². The molecular weight excluding hydrogens is 430 g/mol. The molecule has 0 fully saturated rings. The summed E-state index contributed by atoms with van der Waals surface area (Å²) in [7, 11) is -3.70. The minimum Gasteiger partial charge on any atom is -0.322 e. The molecule has 2 aliphatic heterocycles. The van der Waals surface area contributed by atoms with Gasteiger partial charge in [-0.1, -0.05) is 68.9 Å². The number of fused-ring (bicyclic) bond motifs is 1. The van der Waals surface area contributed by atoms with Gasteiger partial charge in [0.1, 0.15) is 11.9 Å². The number of nitrogens with zero attached hydrogens (tertiary/aromatic N) is 2. The van der Waals surface area contributed by atoms with Gasteiger partial charge in [-0.25, -0.2) is 8.42 Å². The summed E-state index contributed by atoms with van der Waals surface area (Å²) in [5, 5.41) is 9.66. The number of allylic oxidation sites excluding steroid dienone is 15. The summed E-state index contributed by atoms with van der Waals surface area (Å²) < 4.78 is 29.1. The fourth-order valence-corrected chi connectivity index (χ4v) is 5.41. The monoisotopic (exact) mass is 459 g/mol. The van der Waals surface area contributed by atoms with Crippen LogP contribution in [0.3, 0.4) is 0 Å². The maximum absolute atomic E-state index is 13.2. The van der Waals surface area contributed by atoms with E-state index in [0.29, 0.717) is 35.0 Å². The topological polar surface area (TPSA) is 73.2 Å². The van der Waals surface area contributed by atoms with Crippen molar-refractivity contribution in [1.82, 2.24) is 9.62 Å². The van der Waals surface area contributed by atoms with Crippen LogP contribution in [0, 0.1) is 16.7 Å². The fraction of sp³-hybridized carbons (Fsp3) is 0.296. The fourth-order valence-electron chi connectivity index (χ4n) is 4.21. The highest BCUT2D eigenvalue weighted by Crippen LogP contribution is 2.35. The molecule has 0 aromatic heterocycles. The summed E-state index contributed by atoms with van der Waals surface area (Å²) in [5.41, 5.74) is 4.61. The lowest BCUT2D eigenvalue weighted by Gasteiger charge is -2.34. The van der Waals surface area contributed by atoms with Crippen molar-refractivity contribution in [3.8, 4) is 6.07 Å². The van der Waals surface area contributed by atoms with Crippen molar-refractivity contribution in [1.29, 1.82) is 5.26 Å². The first-order chi connectivity index (χ1) is 15.7. The maximum atomic E-state index is 13.2. The Morgan fingerprint density at radius 2 is 1.85 bits per heavy atom. The highest BCUT2D eigenvalue weighted by atomic mass is 32.2. The van der Waals surface area contributed by atoms with E-state index in [0.717, 1.165) is 24.0 Å². The molecule has 5 nitrogen and oxygen atoms in total. The van der Waals surface area contributed by atoms with E-state index >= 15 is 0 Å². The van der Waals surface area contributed by atoms with Crippen molar-refractivity contribution in [2.75, 3.05) is 6.54 Å². The number of nitriles is 1. The normalized spacial score (nSPS) is 20.7. The van der Waals surface area contributed by atoms with Crippen LogP contribution < -0.4 is 4.72 Å². The smallest absolute Gasteiger partial charge is 0.259 e. The molecule has 0 atom stereocenters. The van der Waals surface area contributed by atoms with Crippen molar-refractivity contribution in [2.24, 2.45) is 5.41 Å². The average molecular weight is 460 g/mol. The molecule has 33 heavy (non-hydrogen) atoms. The molecule has 0 amide bonds. The van der Waals surface area contributed by atoms with Gasteiger partial charge in [-0.05, 0) is 60.1 Å². The van der Waals surface area contributed by atoms with Gasteiger partial charge in [0, 0.05) is 6.54 Å². The quantitative estimate of drug-likeness (QED) is 0.608. The average Bonchev–Trinajstić information content (AvgIpc) is 3.08. The van der Waals surface area contributed by atoms with Crippen LogP contribution in [-0.2, 0) is 10.0 Å². The zero-order valence-corrected chi connectivity index (χ0v) is 20.1. The van der Waals surface area contributed by atoms with Gasteiger partial charge in [0.25, 0.3) is 10.0 Å². The van der Waals surface area contributed by atoms with Gasteiger partial charge in [-0.3, -0.25) is 4.72 Å². The Bertz CT molecular complexity index is 1280. The van der Waals surface area contributed by atoms with Crippen molar-refractivity contribution < 1.29 is 8.42 Å². The summed E-state index contributed by atoms with van der Waals surface area (Å²) >= 11 is 0. The van der Waals surface area contributed by atoms with Gasteiger partial charge >= 0.3 is 0 Å². The molecule has 2 heterocycles. The standard InChI is InChI=1S/C27H29N3O2S/c1-27(2,3)23-11-13-24(14-12-23)33(31,32)29-26-15-10-22(19-28)25-18-21(16-17-30(25)26)20-8-6-4-5-7-9-20/h4-6,8-11,13,15-16,18,29H,7,12,14,17H2,1-3H3. The highest BCUT2D eigenvalue weighted by molar-refractivity contribution is 7.93. The molecule has 0 saturated carbocycles. The van der Waals surface area contributed by atoms with E-state index < -0.39 is 10.0 Å². The second kappa shape index (κ2) is 8.92. The number of hydrogen-bond donors (Lipinski definition) is 1. The van der Waals surface area contributed by atoms with E-state index in [1.54, 1.807) is 18.2 Å². The Morgan fingerprint density at radius 1 is 1.03 bits per heavy atom. The third-order valence-corrected chi connectivity index (χ3v) is 7.67. The molecular formula is C27H29N3O2S. The number of rotatable bonds is 4. The summed E-state index contributed by atoms with van der Waals surface area (Å²) in [6, 6.07) is 2.24. The van der Waals surface area contributed by atoms with Gasteiger partial charge in [0.2, 0.25) is 0 Å². The molecule has 0 unspecified atom stereocenters. The van der Waals surface area contributed by atoms with Crippen LogP contribution in [-0.4, -0.2) is 19.9 Å². The third kappa shape index (κ3) is 4.89. The van der Waals surface area contributed by atoms with Crippen molar-refractivity contribution in [3.05, 3.63) is 106 Å². The van der Waals surface area contributed by atoms with Crippen molar-refractivity contribution >= 4 is 10.0 Å². The second-order valence-corrected chi connectivity index (χ2v) is 11.1. The predicted molar refractivity (Wildman–Crippen MR) is 133 cm³/mol. The van der Waals surface area contributed by atoms with Crippen LogP contribution in [0.4, 0.5) is 0 Å². The van der Waals surface area contributed by atoms with Gasteiger partial charge in [-0.15, -0.1) is 0 Å². The molecule has 4 rings (SSSR count). The molecule has 170 valence electrons. The van der Waals surface area contributed by atoms with Crippen LogP contribution in [0.2, 0.25) is 0 Å². The van der Waals surface area contributed by atoms with Crippen LogP contribution >= 0.6 is 0 Å². The molecule has 6 heteroatoms. The molecule has 4 aliphatic rings. The van der Waals surface area contributed by atoms with E-state index in [1.807, 2.05) is 29.2 Å². The zero-order valence-electron chi connectivity index (χ0n) is 19.3. The first kappa shape index (κ1) is 22.9. The Labute approximate surface area is 196 Å². The molecule has 2 aliphatic carbocycles. The maximum Gasteiger partial charge on any atom is 0.259 e. The zero-order chi connectivity index (χ0) is 23.6. The number of hydrogen-bond acceptors (Lipinski definition) is 4. The summed E-state index contributed by atoms with van der Waals surface area (Å²) in [5.74, 6) is 0.453. The minimum absolute atomic E-state index is 0.0270. The largest absolute Gasteiger partial charge is 0.322 e. The summed E-state index contributed by atoms with van der Waals surface area (Å²) in [6.07, 6.45) is 23.4. The van der Waals surface area contributed by atoms with E-state index in [1.165, 1.54) is 5.57 Å². The third-order valence-electron chi connectivity index (χ3n) is 6.16. The lowest BCUT2D eigenvalue weighted by atomic mass is 9.82. The first-order valence-electron chi connectivity index (χ1n) is 11.2. The molecule has 0 bridgehead atoms. The Hall–Kier alpha value is -3.30. The van der Waals surface area contributed by atoms with Crippen LogP contribution in [0.1, 0.15) is 40.0 Å². The lowest BCUT2D eigenvalue weighted by Crippen LogP contribution is -2.38. The predicted octanol–water partition coefficient (Wildman–Crippen LogP) is 5.43. The van der Waals surface area contributed by atoms with Crippen molar-refractivity contribution in [2.45, 2.75) is 40.0 Å². The highest BCUT2D eigenvalue weighted by Gasteiger charge is 2.29. The molecule has 1 N–H and O–H groups in total. The van der Waals surface area contributed by atoms with E-state index in [2.05, 4.69) is 55.9 Å². The molecule has 0 radical (unpaired) electrons. The van der Waals surface area contributed by atoms with Gasteiger partial charge in [-0.2, -0.15) is 5.26 Å². The van der Waals surface area contributed by atoms with Gasteiger partial charge < -0.3 is 4.90 Å². The van der Waals surface area contributed by atoms with E-state index in [4.69, 9.17) is 0 Å². The van der Waals surface area contributed by atoms with Gasteiger partial charge in [0.15, 0.2) is 0 Å². The SMILES string of the molecule is CC(C)(C)C1=CC=C(S(=O)(=O)NC2=CC=C(C#N)C3=CC(C4=CCC=CC=C4)=CCN23)CC1.